The lowest BCUT2D eigenvalue weighted by Gasteiger charge is -2.32. The molecule has 1 aromatic carbocycles. The summed E-state index contributed by atoms with van der Waals surface area (Å²) >= 11 is 6.35. The number of nitrogens with zero attached hydrogens (tertiary/aromatic N) is 1. The molecule has 0 unspecified atom stereocenters. The molecular weight excluding hydrogens is 364 g/mol. The molecule has 0 saturated carbocycles. The summed E-state index contributed by atoms with van der Waals surface area (Å²) in [4.78, 5) is 36.7. The first-order valence-corrected chi connectivity index (χ1v) is 8.04. The van der Waals surface area contributed by atoms with Crippen molar-refractivity contribution in [3.63, 3.8) is 0 Å². The van der Waals surface area contributed by atoms with Crippen molar-refractivity contribution in [2.75, 3.05) is 32.5 Å². The molecule has 1 aromatic rings. The molecule has 9 heteroatoms. The topological polar surface area (TPSA) is 94.2 Å². The SMILES string of the molecule is COC(=O)C1=C(C(=O)OC)N(c2ccc(CNC(C)=O)cc2Cl)COC1. The highest BCUT2D eigenvalue weighted by atomic mass is 35.5. The van der Waals surface area contributed by atoms with Gasteiger partial charge in [0, 0.05) is 13.5 Å². The number of esters is 2. The lowest BCUT2D eigenvalue weighted by atomic mass is 10.1. The van der Waals surface area contributed by atoms with Gasteiger partial charge in [-0.15, -0.1) is 0 Å². The summed E-state index contributed by atoms with van der Waals surface area (Å²) in [6.45, 7) is 1.67. The van der Waals surface area contributed by atoms with Gasteiger partial charge >= 0.3 is 11.9 Å². The van der Waals surface area contributed by atoms with Crippen LogP contribution >= 0.6 is 11.6 Å². The van der Waals surface area contributed by atoms with E-state index < -0.39 is 11.9 Å². The second-order valence-corrected chi connectivity index (χ2v) is 5.82. The van der Waals surface area contributed by atoms with Crippen LogP contribution in [-0.4, -0.2) is 45.4 Å². The van der Waals surface area contributed by atoms with Crippen molar-refractivity contribution < 1.29 is 28.6 Å². The predicted octanol–water partition coefficient (Wildman–Crippen LogP) is 1.37. The van der Waals surface area contributed by atoms with Crippen LogP contribution in [0.4, 0.5) is 5.69 Å². The van der Waals surface area contributed by atoms with Crippen LogP contribution in [0.15, 0.2) is 29.5 Å². The number of carbonyl (C=O) groups is 3. The van der Waals surface area contributed by atoms with Crippen molar-refractivity contribution in [1.29, 1.82) is 0 Å². The van der Waals surface area contributed by atoms with Crippen LogP contribution in [0.25, 0.3) is 0 Å². The maximum absolute atomic E-state index is 12.3. The highest BCUT2D eigenvalue weighted by Gasteiger charge is 2.33. The number of rotatable bonds is 5. The third-order valence-electron chi connectivity index (χ3n) is 3.68. The van der Waals surface area contributed by atoms with E-state index in [1.165, 1.54) is 26.0 Å². The quantitative estimate of drug-likeness (QED) is 0.768. The zero-order valence-electron chi connectivity index (χ0n) is 14.6. The van der Waals surface area contributed by atoms with E-state index in [-0.39, 0.29) is 30.5 Å². The fourth-order valence-corrected chi connectivity index (χ4v) is 2.74. The lowest BCUT2D eigenvalue weighted by molar-refractivity contribution is -0.140. The van der Waals surface area contributed by atoms with Crippen molar-refractivity contribution >= 4 is 35.1 Å². The largest absolute Gasteiger partial charge is 0.466 e. The summed E-state index contributed by atoms with van der Waals surface area (Å²) in [5, 5.41) is 3.00. The smallest absolute Gasteiger partial charge is 0.355 e. The van der Waals surface area contributed by atoms with Gasteiger partial charge in [-0.2, -0.15) is 0 Å². The van der Waals surface area contributed by atoms with E-state index in [4.69, 9.17) is 25.8 Å². The Balaban J connectivity index is 2.43. The molecule has 2 rings (SSSR count). The minimum atomic E-state index is -0.702. The molecule has 1 N–H and O–H groups in total. The Morgan fingerprint density at radius 2 is 1.92 bits per heavy atom. The van der Waals surface area contributed by atoms with E-state index in [9.17, 15) is 14.4 Å². The average molecular weight is 383 g/mol. The van der Waals surface area contributed by atoms with E-state index in [2.05, 4.69) is 5.32 Å². The van der Waals surface area contributed by atoms with E-state index in [1.54, 1.807) is 18.2 Å². The van der Waals surface area contributed by atoms with Gasteiger partial charge in [0.15, 0.2) is 0 Å². The molecule has 1 aliphatic rings. The number of methoxy groups -OCH3 is 2. The van der Waals surface area contributed by atoms with Gasteiger partial charge in [0.2, 0.25) is 5.91 Å². The maximum Gasteiger partial charge on any atom is 0.355 e. The number of amides is 1. The molecule has 0 atom stereocenters. The highest BCUT2D eigenvalue weighted by molar-refractivity contribution is 6.33. The van der Waals surface area contributed by atoms with E-state index >= 15 is 0 Å². The summed E-state index contributed by atoms with van der Waals surface area (Å²) in [7, 11) is 2.43. The van der Waals surface area contributed by atoms with Gasteiger partial charge in [-0.1, -0.05) is 17.7 Å². The second-order valence-electron chi connectivity index (χ2n) is 5.41. The number of ether oxygens (including phenoxy) is 3. The summed E-state index contributed by atoms with van der Waals surface area (Å²) < 4.78 is 14.9. The number of carbonyl (C=O) groups excluding carboxylic acids is 3. The van der Waals surface area contributed by atoms with Crippen LogP contribution in [0.3, 0.4) is 0 Å². The molecule has 0 aliphatic carbocycles. The van der Waals surface area contributed by atoms with Crippen molar-refractivity contribution in [3.05, 3.63) is 40.1 Å². The zero-order chi connectivity index (χ0) is 19.3. The van der Waals surface area contributed by atoms with Crippen molar-refractivity contribution in [2.45, 2.75) is 13.5 Å². The molecular formula is C17H19ClN2O6. The van der Waals surface area contributed by atoms with E-state index in [0.29, 0.717) is 17.3 Å². The molecule has 1 aliphatic heterocycles. The number of benzene rings is 1. The number of hydrogen-bond donors (Lipinski definition) is 1. The van der Waals surface area contributed by atoms with Crippen LogP contribution in [0, 0.1) is 0 Å². The Morgan fingerprint density at radius 1 is 1.23 bits per heavy atom. The third kappa shape index (κ3) is 4.33. The Bertz CT molecular complexity index is 762. The molecule has 26 heavy (non-hydrogen) atoms. The fourth-order valence-electron chi connectivity index (χ4n) is 2.44. The summed E-state index contributed by atoms with van der Waals surface area (Å²) in [6.07, 6.45) is 0. The van der Waals surface area contributed by atoms with Crippen LogP contribution in [0.5, 0.6) is 0 Å². The zero-order valence-corrected chi connectivity index (χ0v) is 15.4. The molecule has 1 amide bonds. The molecule has 0 saturated heterocycles. The van der Waals surface area contributed by atoms with E-state index in [1.807, 2.05) is 0 Å². The fraction of sp³-hybridized carbons (Fsp3) is 0.353. The number of hydrogen-bond acceptors (Lipinski definition) is 7. The van der Waals surface area contributed by atoms with Gasteiger partial charge in [0.1, 0.15) is 12.4 Å². The van der Waals surface area contributed by atoms with Gasteiger partial charge in [-0.05, 0) is 17.7 Å². The van der Waals surface area contributed by atoms with Gasteiger partial charge in [0.05, 0.1) is 37.1 Å². The predicted molar refractivity (Wildman–Crippen MR) is 93.3 cm³/mol. The van der Waals surface area contributed by atoms with Crippen molar-refractivity contribution in [3.8, 4) is 0 Å². The maximum atomic E-state index is 12.3. The molecule has 0 fully saturated rings. The van der Waals surface area contributed by atoms with Crippen LogP contribution in [0.2, 0.25) is 5.02 Å². The Hall–Kier alpha value is -2.58. The average Bonchev–Trinajstić information content (AvgIpc) is 2.64. The Kier molecular flexibility index (Phi) is 6.59. The van der Waals surface area contributed by atoms with Gasteiger partial charge in [0.25, 0.3) is 0 Å². The molecule has 0 radical (unpaired) electrons. The van der Waals surface area contributed by atoms with Crippen molar-refractivity contribution in [2.24, 2.45) is 0 Å². The summed E-state index contributed by atoms with van der Waals surface area (Å²) in [5.74, 6) is -1.55. The standard InChI is InChI=1S/C17H19ClN2O6/c1-10(21)19-7-11-4-5-14(13(18)6-11)20-9-26-8-12(16(22)24-2)15(20)17(23)25-3/h4-6H,7-9H2,1-3H3,(H,19,21). The highest BCUT2D eigenvalue weighted by Crippen LogP contribution is 2.33. The second kappa shape index (κ2) is 8.68. The first kappa shape index (κ1) is 19.7. The van der Waals surface area contributed by atoms with Crippen LogP contribution < -0.4 is 10.2 Å². The molecule has 1 heterocycles. The lowest BCUT2D eigenvalue weighted by Crippen LogP contribution is -2.39. The number of nitrogens with one attached hydrogen (secondary N) is 1. The summed E-state index contributed by atoms with van der Waals surface area (Å²) in [6, 6.07) is 5.08. The summed E-state index contributed by atoms with van der Waals surface area (Å²) in [5.41, 5.74) is 1.30. The monoisotopic (exact) mass is 382 g/mol. The van der Waals surface area contributed by atoms with Gasteiger partial charge < -0.3 is 24.4 Å². The molecule has 140 valence electrons. The minimum Gasteiger partial charge on any atom is -0.466 e. The van der Waals surface area contributed by atoms with Crippen LogP contribution in [-0.2, 0) is 35.1 Å². The molecule has 0 bridgehead atoms. The normalized spacial score (nSPS) is 14.1. The number of anilines is 1. The third-order valence-corrected chi connectivity index (χ3v) is 3.98. The minimum absolute atomic E-state index is 0.00961. The first-order chi connectivity index (χ1) is 12.4. The van der Waals surface area contributed by atoms with E-state index in [0.717, 1.165) is 5.56 Å². The first-order valence-electron chi connectivity index (χ1n) is 7.67. The molecule has 0 spiro atoms. The Labute approximate surface area is 155 Å². The van der Waals surface area contributed by atoms with Gasteiger partial charge in [-0.25, -0.2) is 9.59 Å². The molecule has 0 aromatic heterocycles. The molecule has 8 nitrogen and oxygen atoms in total. The van der Waals surface area contributed by atoms with Gasteiger partial charge in [-0.3, -0.25) is 4.79 Å². The Morgan fingerprint density at radius 3 is 2.50 bits per heavy atom. The van der Waals surface area contributed by atoms with Crippen molar-refractivity contribution in [1.82, 2.24) is 5.32 Å². The number of halogens is 1. The van der Waals surface area contributed by atoms with Crippen LogP contribution in [0.1, 0.15) is 12.5 Å².